The Labute approximate surface area is 54.5 Å². The first-order valence-corrected chi connectivity index (χ1v) is 2.62. The van der Waals surface area contributed by atoms with Crippen LogP contribution in [-0.2, 0) is 7.05 Å². The van der Waals surface area contributed by atoms with Crippen LogP contribution in [0.1, 0.15) is 0 Å². The first-order chi connectivity index (χ1) is 4.20. The molecular formula is C6H6BNO. The molecule has 0 aliphatic rings. The van der Waals surface area contributed by atoms with Crippen LogP contribution in [0.5, 0.6) is 0 Å². The molecule has 0 amide bonds. The van der Waals surface area contributed by atoms with Gasteiger partial charge in [0.15, 0.2) is 0 Å². The van der Waals surface area contributed by atoms with Gasteiger partial charge < -0.3 is 4.57 Å². The zero-order valence-electron chi connectivity index (χ0n) is 5.16. The van der Waals surface area contributed by atoms with Crippen molar-refractivity contribution in [2.45, 2.75) is 0 Å². The van der Waals surface area contributed by atoms with E-state index in [-0.39, 0.29) is 5.56 Å². The molecule has 0 aliphatic heterocycles. The SMILES string of the molecule is [B]c1ccc(=O)n(C)c1. The smallest absolute Gasteiger partial charge is 0.250 e. The molecule has 0 bridgehead atoms. The molecule has 1 rings (SSSR count). The topological polar surface area (TPSA) is 22.0 Å². The van der Waals surface area contributed by atoms with Gasteiger partial charge in [-0.3, -0.25) is 4.79 Å². The van der Waals surface area contributed by atoms with Crippen LogP contribution in [0.25, 0.3) is 0 Å². The van der Waals surface area contributed by atoms with E-state index < -0.39 is 0 Å². The second-order valence-corrected chi connectivity index (χ2v) is 1.91. The van der Waals surface area contributed by atoms with Crippen LogP contribution in [0.4, 0.5) is 0 Å². The van der Waals surface area contributed by atoms with Gasteiger partial charge in [-0.25, -0.2) is 0 Å². The van der Waals surface area contributed by atoms with Crippen LogP contribution in [0.3, 0.4) is 0 Å². The predicted molar refractivity (Wildman–Crippen MR) is 37.1 cm³/mol. The van der Waals surface area contributed by atoms with Gasteiger partial charge in [0.05, 0.1) is 0 Å². The monoisotopic (exact) mass is 119 g/mol. The number of nitrogens with zero attached hydrogens (tertiary/aromatic N) is 1. The van der Waals surface area contributed by atoms with Crippen molar-refractivity contribution >= 4 is 13.3 Å². The van der Waals surface area contributed by atoms with Crippen molar-refractivity contribution < 1.29 is 0 Å². The molecule has 1 heterocycles. The van der Waals surface area contributed by atoms with Crippen LogP contribution < -0.4 is 11.0 Å². The summed E-state index contributed by atoms with van der Waals surface area (Å²) < 4.78 is 1.44. The third kappa shape index (κ3) is 1.22. The van der Waals surface area contributed by atoms with E-state index in [9.17, 15) is 4.79 Å². The van der Waals surface area contributed by atoms with Crippen molar-refractivity contribution in [2.75, 3.05) is 0 Å². The molecule has 1 aromatic rings. The number of pyridine rings is 1. The predicted octanol–water partition coefficient (Wildman–Crippen LogP) is -0.821. The lowest BCUT2D eigenvalue weighted by atomic mass is 9.99. The van der Waals surface area contributed by atoms with E-state index in [0.29, 0.717) is 5.46 Å². The minimum Gasteiger partial charge on any atom is -0.319 e. The molecule has 0 unspecified atom stereocenters. The minimum absolute atomic E-state index is 0.0378. The van der Waals surface area contributed by atoms with E-state index in [2.05, 4.69) is 0 Å². The largest absolute Gasteiger partial charge is 0.319 e. The van der Waals surface area contributed by atoms with Gasteiger partial charge >= 0.3 is 0 Å². The zero-order chi connectivity index (χ0) is 6.85. The maximum absolute atomic E-state index is 10.7. The molecule has 1 aromatic heterocycles. The summed E-state index contributed by atoms with van der Waals surface area (Å²) in [6, 6.07) is 3.03. The lowest BCUT2D eigenvalue weighted by Crippen LogP contribution is -2.20. The van der Waals surface area contributed by atoms with Crippen LogP contribution in [0, 0.1) is 0 Å². The molecule has 3 heteroatoms. The number of aryl methyl sites for hydroxylation is 1. The van der Waals surface area contributed by atoms with Crippen LogP contribution in [-0.4, -0.2) is 12.4 Å². The van der Waals surface area contributed by atoms with Gasteiger partial charge in [0.2, 0.25) is 5.56 Å². The number of aromatic nitrogens is 1. The Morgan fingerprint density at radius 2 is 2.22 bits per heavy atom. The Bertz CT molecular complexity index is 266. The lowest BCUT2D eigenvalue weighted by molar-refractivity contribution is 0.866. The number of hydrogen-bond donors (Lipinski definition) is 0. The summed E-state index contributed by atoms with van der Waals surface area (Å²) in [5.41, 5.74) is 0.571. The van der Waals surface area contributed by atoms with Crippen molar-refractivity contribution in [3.05, 3.63) is 28.7 Å². The Morgan fingerprint density at radius 1 is 1.56 bits per heavy atom. The lowest BCUT2D eigenvalue weighted by Gasteiger charge is -1.95. The highest BCUT2D eigenvalue weighted by molar-refractivity contribution is 6.31. The molecule has 0 aromatic carbocycles. The van der Waals surface area contributed by atoms with Crippen molar-refractivity contribution in [1.29, 1.82) is 0 Å². The van der Waals surface area contributed by atoms with Crippen molar-refractivity contribution in [3.63, 3.8) is 0 Å². The van der Waals surface area contributed by atoms with Gasteiger partial charge in [0.25, 0.3) is 0 Å². The maximum atomic E-state index is 10.7. The molecule has 0 N–H and O–H groups in total. The summed E-state index contributed by atoms with van der Waals surface area (Å²) in [5.74, 6) is 0. The standard InChI is InChI=1S/C6H6BNO/c1-8-4-5(7)2-3-6(8)9/h2-4H,1H3. The molecule has 0 fully saturated rings. The third-order valence-corrected chi connectivity index (χ3v) is 1.11. The highest BCUT2D eigenvalue weighted by Gasteiger charge is 1.85. The second kappa shape index (κ2) is 2.09. The zero-order valence-corrected chi connectivity index (χ0v) is 5.16. The summed E-state index contributed by atoms with van der Waals surface area (Å²) >= 11 is 0. The average Bonchev–Trinajstić information content (AvgIpc) is 1.80. The molecule has 9 heavy (non-hydrogen) atoms. The highest BCUT2D eigenvalue weighted by atomic mass is 16.1. The Hall–Kier alpha value is -0.985. The quantitative estimate of drug-likeness (QED) is 0.409. The summed E-state index contributed by atoms with van der Waals surface area (Å²) in [6.07, 6.45) is 1.59. The summed E-state index contributed by atoms with van der Waals surface area (Å²) in [5, 5.41) is 0. The van der Waals surface area contributed by atoms with Gasteiger partial charge in [0.1, 0.15) is 7.85 Å². The molecule has 0 spiro atoms. The molecular weight excluding hydrogens is 113 g/mol. The van der Waals surface area contributed by atoms with E-state index in [1.807, 2.05) is 0 Å². The van der Waals surface area contributed by atoms with Gasteiger partial charge in [0, 0.05) is 13.1 Å². The first kappa shape index (κ1) is 6.14. The van der Waals surface area contributed by atoms with Crippen molar-refractivity contribution in [2.24, 2.45) is 7.05 Å². The second-order valence-electron chi connectivity index (χ2n) is 1.91. The van der Waals surface area contributed by atoms with E-state index in [4.69, 9.17) is 7.85 Å². The fourth-order valence-electron chi connectivity index (χ4n) is 0.615. The van der Waals surface area contributed by atoms with Crippen molar-refractivity contribution in [3.8, 4) is 0 Å². The minimum atomic E-state index is -0.0378. The van der Waals surface area contributed by atoms with Crippen LogP contribution in [0.2, 0.25) is 0 Å². The number of rotatable bonds is 0. The van der Waals surface area contributed by atoms with Gasteiger partial charge in [-0.1, -0.05) is 11.5 Å². The molecule has 0 saturated heterocycles. The van der Waals surface area contributed by atoms with Gasteiger partial charge in [-0.05, 0) is 6.20 Å². The Kier molecular flexibility index (Phi) is 1.43. The van der Waals surface area contributed by atoms with Crippen molar-refractivity contribution in [1.82, 2.24) is 4.57 Å². The average molecular weight is 119 g/mol. The van der Waals surface area contributed by atoms with E-state index in [0.717, 1.165) is 0 Å². The van der Waals surface area contributed by atoms with Gasteiger partial charge in [-0.2, -0.15) is 0 Å². The summed E-state index contributed by atoms with van der Waals surface area (Å²) in [4.78, 5) is 10.7. The van der Waals surface area contributed by atoms with Gasteiger partial charge in [-0.15, -0.1) is 0 Å². The molecule has 0 saturated carbocycles. The fourth-order valence-corrected chi connectivity index (χ4v) is 0.615. The van der Waals surface area contributed by atoms with E-state index >= 15 is 0 Å². The highest BCUT2D eigenvalue weighted by Crippen LogP contribution is 1.69. The van der Waals surface area contributed by atoms with E-state index in [1.165, 1.54) is 10.6 Å². The normalized spacial score (nSPS) is 9.44. The molecule has 0 atom stereocenters. The van der Waals surface area contributed by atoms with Crippen LogP contribution in [0.15, 0.2) is 23.1 Å². The Balaban J connectivity index is 3.34. The maximum Gasteiger partial charge on any atom is 0.250 e. The molecule has 44 valence electrons. The van der Waals surface area contributed by atoms with E-state index in [1.54, 1.807) is 19.3 Å². The number of hydrogen-bond acceptors (Lipinski definition) is 1. The molecule has 0 aliphatic carbocycles. The first-order valence-electron chi connectivity index (χ1n) is 2.62. The Morgan fingerprint density at radius 3 is 2.67 bits per heavy atom. The molecule has 2 nitrogen and oxygen atoms in total. The summed E-state index contributed by atoms with van der Waals surface area (Å²) in [7, 11) is 7.03. The van der Waals surface area contributed by atoms with Crippen LogP contribution >= 0.6 is 0 Å². The fraction of sp³-hybridized carbons (Fsp3) is 0.167. The third-order valence-electron chi connectivity index (χ3n) is 1.11. The summed E-state index contributed by atoms with van der Waals surface area (Å²) in [6.45, 7) is 0. The molecule has 2 radical (unpaired) electrons.